The van der Waals surface area contributed by atoms with Crippen molar-refractivity contribution in [3.05, 3.63) is 129 Å². The van der Waals surface area contributed by atoms with Crippen LogP contribution in [0.2, 0.25) is 0 Å². The first-order chi connectivity index (χ1) is 21.6. The molecule has 0 aromatic heterocycles. The monoisotopic (exact) mass is 642 g/mol. The van der Waals surface area contributed by atoms with Crippen LogP contribution in [0.5, 0.6) is 11.5 Å². The van der Waals surface area contributed by atoms with Gasteiger partial charge in [0.15, 0.2) is 0 Å². The van der Waals surface area contributed by atoms with Crippen LogP contribution in [-0.4, -0.2) is 41.7 Å². The maximum atomic E-state index is 10.6. The van der Waals surface area contributed by atoms with Crippen LogP contribution in [0, 0.1) is 27.7 Å². The highest BCUT2D eigenvalue weighted by Crippen LogP contribution is 2.40. The second-order valence-corrected chi connectivity index (χ2v) is 14.7. The molecule has 238 valence electrons. The van der Waals surface area contributed by atoms with Crippen LogP contribution in [0.3, 0.4) is 0 Å². The highest BCUT2D eigenvalue weighted by Gasteiger charge is 2.40. The predicted octanol–water partition coefficient (Wildman–Crippen LogP) is 8.96. The van der Waals surface area contributed by atoms with Crippen molar-refractivity contribution in [2.45, 2.75) is 76.1 Å². The molecule has 3 unspecified atom stereocenters. The fourth-order valence-electron chi connectivity index (χ4n) is 5.67. The molecular weight excluding hydrogens is 597 g/mol. The molecule has 0 aliphatic carbocycles. The van der Waals surface area contributed by atoms with Gasteiger partial charge in [-0.2, -0.15) is 11.8 Å². The molecule has 1 N–H and O–H groups in total. The Hall–Kier alpha value is -2.90. The Morgan fingerprint density at radius 3 is 1.76 bits per heavy atom. The zero-order valence-electron chi connectivity index (χ0n) is 27.3. The summed E-state index contributed by atoms with van der Waals surface area (Å²) in [6.45, 7) is 13.9. The molecule has 1 aliphatic heterocycles. The molecule has 0 spiro atoms. The molecule has 6 heteroatoms. The van der Waals surface area contributed by atoms with Crippen molar-refractivity contribution < 1.29 is 19.3 Å². The van der Waals surface area contributed by atoms with E-state index in [1.165, 1.54) is 22.3 Å². The summed E-state index contributed by atoms with van der Waals surface area (Å²) in [5.74, 6) is 4.29. The van der Waals surface area contributed by atoms with E-state index >= 15 is 0 Å². The Balaban J connectivity index is 1.16. The number of thioether (sulfide) groups is 2. The predicted molar refractivity (Wildman–Crippen MR) is 190 cm³/mol. The largest absolute Gasteiger partial charge is 0.490 e. The molecule has 1 heterocycles. The maximum Gasteiger partial charge on any atom is 0.133 e. The highest BCUT2D eigenvalue weighted by atomic mass is 32.2. The maximum absolute atomic E-state index is 10.6. The number of hydrogen-bond donors (Lipinski definition) is 1. The fraction of sp³-hybridized carbons (Fsp3) is 0.385. The first-order valence-corrected chi connectivity index (χ1v) is 17.9. The molecule has 4 aromatic rings. The number of ether oxygens (including phenoxy) is 3. The van der Waals surface area contributed by atoms with Gasteiger partial charge >= 0.3 is 0 Å². The summed E-state index contributed by atoms with van der Waals surface area (Å²) < 4.78 is 18.4. The van der Waals surface area contributed by atoms with Crippen molar-refractivity contribution in [3.63, 3.8) is 0 Å². The van der Waals surface area contributed by atoms with Gasteiger partial charge in [-0.1, -0.05) is 98.8 Å². The van der Waals surface area contributed by atoms with E-state index in [0.717, 1.165) is 45.3 Å². The lowest BCUT2D eigenvalue weighted by atomic mass is 9.76. The highest BCUT2D eigenvalue weighted by molar-refractivity contribution is 7.99. The molecule has 45 heavy (non-hydrogen) atoms. The molecule has 1 aliphatic rings. The Morgan fingerprint density at radius 1 is 0.733 bits per heavy atom. The Kier molecular flexibility index (Phi) is 11.2. The van der Waals surface area contributed by atoms with E-state index in [2.05, 4.69) is 102 Å². The van der Waals surface area contributed by atoms with Gasteiger partial charge < -0.3 is 19.3 Å². The molecular formula is C39H46O4S2. The summed E-state index contributed by atoms with van der Waals surface area (Å²) in [7, 11) is 0. The number of rotatable bonds is 15. The van der Waals surface area contributed by atoms with E-state index < -0.39 is 6.10 Å². The first kappa shape index (κ1) is 33.5. The van der Waals surface area contributed by atoms with Gasteiger partial charge in [-0.05, 0) is 72.2 Å². The molecule has 0 saturated carbocycles. The van der Waals surface area contributed by atoms with Gasteiger partial charge in [0.25, 0.3) is 0 Å². The van der Waals surface area contributed by atoms with Crippen molar-refractivity contribution in [1.82, 2.24) is 0 Å². The van der Waals surface area contributed by atoms with E-state index in [0.29, 0.717) is 12.4 Å². The van der Waals surface area contributed by atoms with Gasteiger partial charge in [0.1, 0.15) is 36.3 Å². The van der Waals surface area contributed by atoms with E-state index in [1.54, 1.807) is 11.8 Å². The number of aliphatic hydroxyl groups excluding tert-OH is 1. The SMILES string of the molecule is Cc1cc(C(C)(C)c2cc(C)c(OCC3OC3SCc3ccccc3)c(C)c2)cc(C)c1OCC(O)CSCc1ccccc1. The lowest BCUT2D eigenvalue weighted by Crippen LogP contribution is -2.22. The van der Waals surface area contributed by atoms with E-state index in [-0.39, 0.29) is 23.6 Å². The molecule has 0 bridgehead atoms. The summed E-state index contributed by atoms with van der Waals surface area (Å²) in [6, 6.07) is 29.8. The topological polar surface area (TPSA) is 51.2 Å². The fourth-order valence-corrected chi connectivity index (χ4v) is 7.65. The third-order valence-corrected chi connectivity index (χ3v) is 10.8. The minimum Gasteiger partial charge on any atom is -0.490 e. The van der Waals surface area contributed by atoms with E-state index in [1.807, 2.05) is 36.0 Å². The molecule has 4 aromatic carbocycles. The van der Waals surface area contributed by atoms with Gasteiger partial charge in [-0.25, -0.2) is 0 Å². The van der Waals surface area contributed by atoms with Gasteiger partial charge in [0.05, 0.1) is 6.10 Å². The number of aryl methyl sites for hydroxylation is 4. The lowest BCUT2D eigenvalue weighted by molar-refractivity contribution is 0.125. The zero-order valence-corrected chi connectivity index (χ0v) is 29.0. The van der Waals surface area contributed by atoms with Crippen LogP contribution < -0.4 is 9.47 Å². The molecule has 0 amide bonds. The summed E-state index contributed by atoms with van der Waals surface area (Å²) in [4.78, 5) is 0. The molecule has 3 atom stereocenters. The lowest BCUT2D eigenvalue weighted by Gasteiger charge is -2.29. The summed E-state index contributed by atoms with van der Waals surface area (Å²) in [5, 5.41) is 10.6. The standard InChI is InChI=1S/C39H46O4S2/c1-26-17-32(18-27(2)36(26)41-21-34(40)25-44-23-30-13-9-7-10-14-30)39(5,6)33-19-28(3)37(29(4)20-33)42-22-35-38(43-35)45-24-31-15-11-8-12-16-31/h7-20,34-35,38,40H,21-25H2,1-6H3. The van der Waals surface area contributed by atoms with Crippen molar-refractivity contribution in [2.75, 3.05) is 19.0 Å². The van der Waals surface area contributed by atoms with Crippen LogP contribution in [0.4, 0.5) is 0 Å². The Morgan fingerprint density at radius 2 is 1.22 bits per heavy atom. The van der Waals surface area contributed by atoms with E-state index in [4.69, 9.17) is 14.2 Å². The van der Waals surface area contributed by atoms with Gasteiger partial charge in [-0.15, -0.1) is 11.8 Å². The van der Waals surface area contributed by atoms with Gasteiger partial charge in [-0.3, -0.25) is 0 Å². The average molecular weight is 643 g/mol. The summed E-state index contributed by atoms with van der Waals surface area (Å²) in [6.07, 6.45) is -0.389. The third-order valence-electron chi connectivity index (χ3n) is 8.39. The van der Waals surface area contributed by atoms with E-state index in [9.17, 15) is 5.11 Å². The van der Waals surface area contributed by atoms with Crippen molar-refractivity contribution in [3.8, 4) is 11.5 Å². The van der Waals surface area contributed by atoms with Crippen LogP contribution in [0.15, 0.2) is 84.9 Å². The molecule has 1 fully saturated rings. The van der Waals surface area contributed by atoms with Gasteiger partial charge in [0.2, 0.25) is 0 Å². The minimum atomic E-state index is -0.522. The summed E-state index contributed by atoms with van der Waals surface area (Å²) >= 11 is 3.56. The van der Waals surface area contributed by atoms with Crippen molar-refractivity contribution >= 4 is 23.5 Å². The van der Waals surface area contributed by atoms with Gasteiger partial charge in [0, 0.05) is 22.7 Å². The van der Waals surface area contributed by atoms with Crippen LogP contribution in [-0.2, 0) is 21.7 Å². The number of epoxide rings is 1. The second kappa shape index (κ2) is 15.1. The quantitative estimate of drug-likeness (QED) is 0.131. The third kappa shape index (κ3) is 8.88. The first-order valence-electron chi connectivity index (χ1n) is 15.7. The van der Waals surface area contributed by atoms with Crippen molar-refractivity contribution in [1.29, 1.82) is 0 Å². The Bertz CT molecular complexity index is 1440. The number of hydrogen-bond acceptors (Lipinski definition) is 6. The van der Waals surface area contributed by atoms with Crippen LogP contribution >= 0.6 is 23.5 Å². The molecule has 1 saturated heterocycles. The Labute approximate surface area is 277 Å². The second-order valence-electron chi connectivity index (χ2n) is 12.6. The van der Waals surface area contributed by atoms with Crippen LogP contribution in [0.1, 0.15) is 58.4 Å². The molecule has 5 rings (SSSR count). The number of benzene rings is 4. The number of aliphatic hydroxyl groups is 1. The smallest absolute Gasteiger partial charge is 0.133 e. The summed E-state index contributed by atoms with van der Waals surface area (Å²) in [5.41, 5.74) is 9.50. The molecule has 4 nitrogen and oxygen atoms in total. The van der Waals surface area contributed by atoms with Crippen molar-refractivity contribution in [2.24, 2.45) is 0 Å². The average Bonchev–Trinajstić information content (AvgIpc) is 3.78. The minimum absolute atomic E-state index is 0.134. The normalized spacial score (nSPS) is 16.8. The zero-order chi connectivity index (χ0) is 32.0. The molecule has 0 radical (unpaired) electrons. The van der Waals surface area contributed by atoms with Crippen LogP contribution in [0.25, 0.3) is 0 Å².